The number of nitro groups is 1. The Kier molecular flexibility index (Phi) is 6.80. The molecule has 0 aliphatic carbocycles. The van der Waals surface area contributed by atoms with Gasteiger partial charge in [0.15, 0.2) is 6.61 Å². The molecule has 0 atom stereocenters. The summed E-state index contributed by atoms with van der Waals surface area (Å²) in [4.78, 5) is 45.6. The smallest absolute Gasteiger partial charge is 0.339 e. The van der Waals surface area contributed by atoms with E-state index in [2.05, 4.69) is 10.1 Å². The average Bonchev–Trinajstić information content (AvgIpc) is 2.70. The number of hydrogen-bond acceptors (Lipinski definition) is 7. The van der Waals surface area contributed by atoms with Crippen LogP contribution in [0.1, 0.15) is 31.8 Å². The topological polar surface area (TPSA) is 125 Å². The molecule has 2 rings (SSSR count). The molecule has 0 bridgehead atoms. The molecule has 0 heterocycles. The van der Waals surface area contributed by atoms with Crippen LogP contribution < -0.4 is 5.32 Å². The number of rotatable bonds is 7. The Bertz CT molecular complexity index is 907. The molecule has 2 aromatic carbocycles. The third-order valence-electron chi connectivity index (χ3n) is 3.92. The lowest BCUT2D eigenvalue weighted by atomic mass is 10.1. The second-order valence-electron chi connectivity index (χ2n) is 5.75. The van der Waals surface area contributed by atoms with Crippen LogP contribution in [0.25, 0.3) is 0 Å². The molecule has 0 saturated heterocycles. The van der Waals surface area contributed by atoms with Crippen LogP contribution in [0.4, 0.5) is 5.69 Å². The molecule has 146 valence electrons. The number of nitrogens with one attached hydrogen (secondary N) is 1. The van der Waals surface area contributed by atoms with Crippen LogP contribution in [0.5, 0.6) is 0 Å². The standard InChI is InChI=1S/C19H18N2O7/c1-12-15(4-3-5-16(12)21(25)26)19(24)28-11-17(22)20-10-13-6-8-14(9-7-13)18(23)27-2/h3-9H,10-11H2,1-2H3,(H,20,22). The largest absolute Gasteiger partial charge is 0.465 e. The Labute approximate surface area is 160 Å². The molecule has 0 aliphatic rings. The molecule has 0 fully saturated rings. The lowest BCUT2D eigenvalue weighted by Crippen LogP contribution is -2.28. The van der Waals surface area contributed by atoms with Gasteiger partial charge in [-0.2, -0.15) is 0 Å². The number of esters is 2. The van der Waals surface area contributed by atoms with Gasteiger partial charge in [-0.1, -0.05) is 18.2 Å². The number of methoxy groups -OCH3 is 1. The zero-order valence-electron chi connectivity index (χ0n) is 15.3. The van der Waals surface area contributed by atoms with Gasteiger partial charge in [0, 0.05) is 18.2 Å². The average molecular weight is 386 g/mol. The Morgan fingerprint density at radius 2 is 1.75 bits per heavy atom. The van der Waals surface area contributed by atoms with Gasteiger partial charge in [0.25, 0.3) is 11.6 Å². The van der Waals surface area contributed by atoms with Gasteiger partial charge in [0.1, 0.15) is 0 Å². The van der Waals surface area contributed by atoms with Crippen LogP contribution in [0, 0.1) is 17.0 Å². The van der Waals surface area contributed by atoms with Gasteiger partial charge >= 0.3 is 11.9 Å². The quantitative estimate of drug-likeness (QED) is 0.439. The van der Waals surface area contributed by atoms with E-state index in [-0.39, 0.29) is 23.4 Å². The van der Waals surface area contributed by atoms with Crippen molar-refractivity contribution in [1.82, 2.24) is 5.32 Å². The first-order chi connectivity index (χ1) is 13.3. The van der Waals surface area contributed by atoms with Gasteiger partial charge in [-0.05, 0) is 30.7 Å². The van der Waals surface area contributed by atoms with Gasteiger partial charge in [-0.25, -0.2) is 9.59 Å². The van der Waals surface area contributed by atoms with Crippen LogP contribution in [-0.4, -0.2) is 36.5 Å². The SMILES string of the molecule is COC(=O)c1ccc(CNC(=O)COC(=O)c2cccc([N+](=O)[O-])c2C)cc1. The summed E-state index contributed by atoms with van der Waals surface area (Å²) >= 11 is 0. The second kappa shape index (κ2) is 9.26. The van der Waals surface area contributed by atoms with Crippen molar-refractivity contribution in [2.45, 2.75) is 13.5 Å². The zero-order chi connectivity index (χ0) is 20.7. The van der Waals surface area contributed by atoms with E-state index in [4.69, 9.17) is 4.74 Å². The molecule has 2 aromatic rings. The molecule has 0 saturated carbocycles. The molecule has 1 N–H and O–H groups in total. The van der Waals surface area contributed by atoms with Crippen molar-refractivity contribution in [1.29, 1.82) is 0 Å². The fourth-order valence-electron chi connectivity index (χ4n) is 2.38. The van der Waals surface area contributed by atoms with E-state index >= 15 is 0 Å². The minimum Gasteiger partial charge on any atom is -0.465 e. The van der Waals surface area contributed by atoms with Crippen molar-refractivity contribution >= 4 is 23.5 Å². The number of carbonyl (C=O) groups is 3. The number of benzene rings is 2. The van der Waals surface area contributed by atoms with Crippen LogP contribution in [0.3, 0.4) is 0 Å². The predicted molar refractivity (Wildman–Crippen MR) is 97.7 cm³/mol. The first-order valence-corrected chi connectivity index (χ1v) is 8.18. The van der Waals surface area contributed by atoms with E-state index in [1.165, 1.54) is 32.2 Å². The summed E-state index contributed by atoms with van der Waals surface area (Å²) in [6.07, 6.45) is 0. The molecule has 0 aliphatic heterocycles. The highest BCUT2D eigenvalue weighted by Crippen LogP contribution is 2.21. The summed E-state index contributed by atoms with van der Waals surface area (Å²) in [6.45, 7) is 1.08. The molecular weight excluding hydrogens is 368 g/mol. The molecule has 0 spiro atoms. The van der Waals surface area contributed by atoms with Crippen LogP contribution in [-0.2, 0) is 20.8 Å². The first kappa shape index (κ1) is 20.6. The van der Waals surface area contributed by atoms with Crippen molar-refractivity contribution in [3.63, 3.8) is 0 Å². The summed E-state index contributed by atoms with van der Waals surface area (Å²) < 4.78 is 9.52. The van der Waals surface area contributed by atoms with E-state index < -0.39 is 29.4 Å². The minimum atomic E-state index is -0.821. The molecule has 28 heavy (non-hydrogen) atoms. The van der Waals surface area contributed by atoms with Gasteiger partial charge in [0.05, 0.1) is 23.2 Å². The highest BCUT2D eigenvalue weighted by Gasteiger charge is 2.19. The van der Waals surface area contributed by atoms with E-state index in [1.807, 2.05) is 0 Å². The molecule has 0 unspecified atom stereocenters. The van der Waals surface area contributed by atoms with E-state index in [0.29, 0.717) is 5.56 Å². The molecule has 9 nitrogen and oxygen atoms in total. The first-order valence-electron chi connectivity index (χ1n) is 8.18. The Morgan fingerprint density at radius 1 is 1.07 bits per heavy atom. The maximum atomic E-state index is 12.1. The third-order valence-corrected chi connectivity index (χ3v) is 3.92. The summed E-state index contributed by atoms with van der Waals surface area (Å²) in [5.41, 5.74) is 1.12. The number of amides is 1. The maximum absolute atomic E-state index is 12.1. The van der Waals surface area contributed by atoms with Crippen molar-refractivity contribution in [2.24, 2.45) is 0 Å². The summed E-state index contributed by atoms with van der Waals surface area (Å²) in [5, 5.41) is 13.5. The fraction of sp³-hybridized carbons (Fsp3) is 0.211. The van der Waals surface area contributed by atoms with Crippen molar-refractivity contribution in [3.05, 3.63) is 74.8 Å². The van der Waals surface area contributed by atoms with Crippen molar-refractivity contribution < 1.29 is 28.8 Å². The number of nitro benzene ring substituents is 1. The van der Waals surface area contributed by atoms with Gasteiger partial charge < -0.3 is 14.8 Å². The Hall–Kier alpha value is -3.75. The normalized spacial score (nSPS) is 10.1. The zero-order valence-corrected chi connectivity index (χ0v) is 15.3. The van der Waals surface area contributed by atoms with Crippen LogP contribution in [0.2, 0.25) is 0 Å². The third kappa shape index (κ3) is 5.13. The van der Waals surface area contributed by atoms with E-state index in [0.717, 1.165) is 5.56 Å². The summed E-state index contributed by atoms with van der Waals surface area (Å²) in [7, 11) is 1.28. The monoisotopic (exact) mass is 386 g/mol. The van der Waals surface area contributed by atoms with Crippen LogP contribution >= 0.6 is 0 Å². The molecule has 1 amide bonds. The Morgan fingerprint density at radius 3 is 2.36 bits per heavy atom. The van der Waals surface area contributed by atoms with Gasteiger partial charge in [-0.15, -0.1) is 0 Å². The molecule has 0 radical (unpaired) electrons. The lowest BCUT2D eigenvalue weighted by molar-refractivity contribution is -0.385. The molecule has 0 aromatic heterocycles. The molecule has 9 heteroatoms. The number of nitrogens with zero attached hydrogens (tertiary/aromatic N) is 1. The Balaban J connectivity index is 1.87. The van der Waals surface area contributed by atoms with Crippen molar-refractivity contribution in [2.75, 3.05) is 13.7 Å². The summed E-state index contributed by atoms with van der Waals surface area (Å²) in [6, 6.07) is 10.5. The number of carbonyl (C=O) groups excluding carboxylic acids is 3. The van der Waals surface area contributed by atoms with Gasteiger partial charge in [-0.3, -0.25) is 14.9 Å². The van der Waals surface area contributed by atoms with Crippen LogP contribution in [0.15, 0.2) is 42.5 Å². The highest BCUT2D eigenvalue weighted by molar-refractivity contribution is 5.93. The summed E-state index contributed by atoms with van der Waals surface area (Å²) in [5.74, 6) is -1.81. The van der Waals surface area contributed by atoms with Gasteiger partial charge in [0.2, 0.25) is 0 Å². The minimum absolute atomic E-state index is 0.0281. The van der Waals surface area contributed by atoms with E-state index in [9.17, 15) is 24.5 Å². The van der Waals surface area contributed by atoms with E-state index in [1.54, 1.807) is 24.3 Å². The number of ether oxygens (including phenoxy) is 2. The number of hydrogen-bond donors (Lipinski definition) is 1. The lowest BCUT2D eigenvalue weighted by Gasteiger charge is -2.08. The highest BCUT2D eigenvalue weighted by atomic mass is 16.6. The predicted octanol–water partition coefficient (Wildman–Crippen LogP) is 2.16. The second-order valence-corrected chi connectivity index (χ2v) is 5.75. The maximum Gasteiger partial charge on any atom is 0.339 e. The van der Waals surface area contributed by atoms with Crippen molar-refractivity contribution in [3.8, 4) is 0 Å². The molecular formula is C19H18N2O7. The fourth-order valence-corrected chi connectivity index (χ4v) is 2.38.